The lowest BCUT2D eigenvalue weighted by Gasteiger charge is -2.05. The maximum Gasteiger partial charge on any atom is 0.235 e. The van der Waals surface area contributed by atoms with Crippen LogP contribution in [0.2, 0.25) is 0 Å². The lowest BCUT2D eigenvalue weighted by molar-refractivity contribution is -0.122. The molecule has 1 saturated carbocycles. The van der Waals surface area contributed by atoms with Crippen molar-refractivity contribution in [3.63, 3.8) is 0 Å². The molecule has 116 valence electrons. The Kier molecular flexibility index (Phi) is 4.67. The van der Waals surface area contributed by atoms with Crippen LogP contribution in [0.15, 0.2) is 11.4 Å². The molecule has 1 aliphatic carbocycles. The van der Waals surface area contributed by atoms with Gasteiger partial charge in [0.05, 0.1) is 6.26 Å². The summed E-state index contributed by atoms with van der Waals surface area (Å²) in [6.07, 6.45) is 1.71. The molecule has 0 aliphatic heterocycles. The van der Waals surface area contributed by atoms with Crippen LogP contribution in [0.3, 0.4) is 0 Å². The van der Waals surface area contributed by atoms with E-state index in [2.05, 4.69) is 5.32 Å². The van der Waals surface area contributed by atoms with Gasteiger partial charge in [0, 0.05) is 29.7 Å². The number of aryl methyl sites for hydroxylation is 1. The Hall–Kier alpha value is -1.41. The molecule has 1 heterocycles. The van der Waals surface area contributed by atoms with E-state index in [1.807, 2.05) is 23.1 Å². The Morgan fingerprint density at radius 1 is 1.43 bits per heavy atom. The van der Waals surface area contributed by atoms with Gasteiger partial charge in [0.25, 0.3) is 0 Å². The van der Waals surface area contributed by atoms with Crippen LogP contribution in [0, 0.1) is 12.8 Å². The first kappa shape index (κ1) is 16.0. The highest BCUT2D eigenvalue weighted by atomic mass is 32.2. The molecule has 0 bridgehead atoms. The minimum absolute atomic E-state index is 0.0275. The topological polar surface area (TPSA) is 92.3 Å². The maximum absolute atomic E-state index is 11.9. The van der Waals surface area contributed by atoms with E-state index in [0.717, 1.165) is 12.7 Å². The number of thiophene rings is 1. The van der Waals surface area contributed by atoms with Crippen molar-refractivity contribution in [3.05, 3.63) is 21.9 Å². The van der Waals surface area contributed by atoms with Crippen molar-refractivity contribution in [2.75, 3.05) is 12.8 Å². The Morgan fingerprint density at radius 3 is 2.71 bits per heavy atom. The third-order valence-electron chi connectivity index (χ3n) is 3.32. The summed E-state index contributed by atoms with van der Waals surface area (Å²) in [6.45, 7) is 2.18. The van der Waals surface area contributed by atoms with Crippen LogP contribution < -0.4 is 10.0 Å². The van der Waals surface area contributed by atoms with Crippen molar-refractivity contribution in [1.82, 2.24) is 10.0 Å². The highest BCUT2D eigenvalue weighted by Gasteiger charge is 2.45. The summed E-state index contributed by atoms with van der Waals surface area (Å²) in [6, 6.07) is 2.04. The van der Waals surface area contributed by atoms with Crippen LogP contribution in [0.1, 0.15) is 29.2 Å². The Morgan fingerprint density at radius 2 is 2.14 bits per heavy atom. The van der Waals surface area contributed by atoms with Gasteiger partial charge in [-0.1, -0.05) is 0 Å². The summed E-state index contributed by atoms with van der Waals surface area (Å²) < 4.78 is 23.6. The zero-order chi connectivity index (χ0) is 15.6. The van der Waals surface area contributed by atoms with E-state index in [4.69, 9.17) is 0 Å². The maximum atomic E-state index is 11.9. The molecule has 0 spiro atoms. The number of rotatable bonds is 6. The highest BCUT2D eigenvalue weighted by molar-refractivity contribution is 7.89. The van der Waals surface area contributed by atoms with E-state index < -0.39 is 15.9 Å². The van der Waals surface area contributed by atoms with Crippen molar-refractivity contribution in [2.45, 2.75) is 25.7 Å². The molecule has 2 N–H and O–H groups in total. The van der Waals surface area contributed by atoms with Gasteiger partial charge in [-0.2, -0.15) is 0 Å². The van der Waals surface area contributed by atoms with Gasteiger partial charge in [-0.15, -0.1) is 11.3 Å². The number of carbonyl (C=O) groups excluding carboxylic acids is 2. The number of hydrogen-bond donors (Lipinski definition) is 2. The third kappa shape index (κ3) is 4.53. The van der Waals surface area contributed by atoms with Gasteiger partial charge < -0.3 is 5.32 Å². The molecule has 0 radical (unpaired) electrons. The fraction of sp³-hybridized carbons (Fsp3) is 0.538. The smallest absolute Gasteiger partial charge is 0.235 e. The lowest BCUT2D eigenvalue weighted by Crippen LogP contribution is -2.34. The fourth-order valence-corrected chi connectivity index (χ4v) is 3.85. The molecular formula is C13H18N2O4S2. The van der Waals surface area contributed by atoms with Gasteiger partial charge in [0.2, 0.25) is 21.8 Å². The molecule has 0 aromatic carbocycles. The first-order valence-corrected chi connectivity index (χ1v) is 9.37. The van der Waals surface area contributed by atoms with Crippen LogP contribution in [0.25, 0.3) is 0 Å². The van der Waals surface area contributed by atoms with Crippen molar-refractivity contribution >= 4 is 33.2 Å². The SMILES string of the molecule is Cc1ccsc1[C@@H]1C[C@H]1C(=O)NCCC(=O)NS(C)(=O)=O. The van der Waals surface area contributed by atoms with Crippen LogP contribution in [-0.2, 0) is 19.6 Å². The second-order valence-electron chi connectivity index (χ2n) is 5.25. The van der Waals surface area contributed by atoms with Gasteiger partial charge in [-0.25, -0.2) is 8.42 Å². The normalized spacial score (nSPS) is 20.9. The molecule has 0 saturated heterocycles. The van der Waals surface area contributed by atoms with E-state index in [0.29, 0.717) is 0 Å². The van der Waals surface area contributed by atoms with Gasteiger partial charge in [0.1, 0.15) is 0 Å². The van der Waals surface area contributed by atoms with Crippen LogP contribution >= 0.6 is 11.3 Å². The summed E-state index contributed by atoms with van der Waals surface area (Å²) in [5.41, 5.74) is 1.22. The third-order valence-corrected chi connectivity index (χ3v) is 5.07. The standard InChI is InChI=1S/C13H18N2O4S2/c1-8-4-6-20-12(8)9-7-10(9)13(17)14-5-3-11(16)15-21(2,18)19/h4,6,9-10H,3,5,7H2,1-2H3,(H,14,17)(H,15,16)/t9-,10-/m1/s1. The second kappa shape index (κ2) is 6.15. The highest BCUT2D eigenvalue weighted by Crippen LogP contribution is 2.50. The molecule has 6 nitrogen and oxygen atoms in total. The molecule has 0 unspecified atom stereocenters. The molecule has 2 amide bonds. The van der Waals surface area contributed by atoms with E-state index >= 15 is 0 Å². The zero-order valence-corrected chi connectivity index (χ0v) is 13.5. The quantitative estimate of drug-likeness (QED) is 0.805. The molecule has 1 fully saturated rings. The van der Waals surface area contributed by atoms with Crippen molar-refractivity contribution in [1.29, 1.82) is 0 Å². The Balaban J connectivity index is 1.72. The minimum Gasteiger partial charge on any atom is -0.355 e. The summed E-state index contributed by atoms with van der Waals surface area (Å²) in [5, 5.41) is 4.70. The first-order valence-electron chi connectivity index (χ1n) is 6.60. The van der Waals surface area contributed by atoms with E-state index in [9.17, 15) is 18.0 Å². The van der Waals surface area contributed by atoms with Gasteiger partial charge in [-0.3, -0.25) is 14.3 Å². The van der Waals surface area contributed by atoms with Crippen molar-refractivity contribution in [3.8, 4) is 0 Å². The Labute approximate surface area is 128 Å². The number of hydrogen-bond acceptors (Lipinski definition) is 5. The molecule has 1 aromatic heterocycles. The predicted molar refractivity (Wildman–Crippen MR) is 80.5 cm³/mol. The van der Waals surface area contributed by atoms with Gasteiger partial charge in [0.15, 0.2) is 0 Å². The minimum atomic E-state index is -3.53. The molecule has 8 heteroatoms. The number of amides is 2. The monoisotopic (exact) mass is 330 g/mol. The molecule has 2 atom stereocenters. The lowest BCUT2D eigenvalue weighted by atomic mass is 10.2. The van der Waals surface area contributed by atoms with Gasteiger partial charge >= 0.3 is 0 Å². The Bertz CT molecular complexity index is 651. The van der Waals surface area contributed by atoms with Crippen molar-refractivity contribution < 1.29 is 18.0 Å². The summed E-state index contributed by atoms with van der Waals surface area (Å²) >= 11 is 1.67. The van der Waals surface area contributed by atoms with Crippen molar-refractivity contribution in [2.24, 2.45) is 5.92 Å². The average molecular weight is 330 g/mol. The summed E-state index contributed by atoms with van der Waals surface area (Å²) in [7, 11) is -3.53. The summed E-state index contributed by atoms with van der Waals surface area (Å²) in [5.74, 6) is -0.422. The largest absolute Gasteiger partial charge is 0.355 e. The van der Waals surface area contributed by atoms with E-state index in [1.54, 1.807) is 11.3 Å². The molecule has 21 heavy (non-hydrogen) atoms. The molecule has 1 aromatic rings. The first-order chi connectivity index (χ1) is 9.78. The average Bonchev–Trinajstić information content (AvgIpc) is 3.02. The van der Waals surface area contributed by atoms with E-state index in [1.165, 1.54) is 10.4 Å². The summed E-state index contributed by atoms with van der Waals surface area (Å²) in [4.78, 5) is 24.5. The molecule has 1 aliphatic rings. The zero-order valence-electron chi connectivity index (χ0n) is 11.9. The van der Waals surface area contributed by atoms with E-state index in [-0.39, 0.29) is 30.7 Å². The number of nitrogens with one attached hydrogen (secondary N) is 2. The fourth-order valence-electron chi connectivity index (χ4n) is 2.23. The molecular weight excluding hydrogens is 312 g/mol. The molecule has 2 rings (SSSR count). The second-order valence-corrected chi connectivity index (χ2v) is 7.95. The van der Waals surface area contributed by atoms with Gasteiger partial charge in [-0.05, 0) is 30.4 Å². The van der Waals surface area contributed by atoms with Crippen LogP contribution in [0.5, 0.6) is 0 Å². The number of carbonyl (C=O) groups is 2. The van der Waals surface area contributed by atoms with Crippen LogP contribution in [-0.4, -0.2) is 33.0 Å². The predicted octanol–water partition coefficient (Wildman–Crippen LogP) is 0.742. The van der Waals surface area contributed by atoms with Crippen LogP contribution in [0.4, 0.5) is 0 Å². The number of sulfonamides is 1.